The Morgan fingerprint density at radius 1 is 1.58 bits per heavy atom. The zero-order valence-electron chi connectivity index (χ0n) is 6.24. The van der Waals surface area contributed by atoms with E-state index in [9.17, 15) is 4.79 Å². The van der Waals surface area contributed by atoms with Gasteiger partial charge in [-0.1, -0.05) is 0 Å². The number of hydrogen-bond acceptors (Lipinski definition) is 2. The van der Waals surface area contributed by atoms with Gasteiger partial charge in [0.15, 0.2) is 0 Å². The van der Waals surface area contributed by atoms with Gasteiger partial charge in [-0.25, -0.2) is 0 Å². The summed E-state index contributed by atoms with van der Waals surface area (Å²) in [6.07, 6.45) is 3.34. The monoisotopic (exact) mass is 161 g/mol. The van der Waals surface area contributed by atoms with Gasteiger partial charge in [0.1, 0.15) is 5.69 Å². The number of carbonyl (C=O) groups excluding carboxylic acids is 1. The van der Waals surface area contributed by atoms with Gasteiger partial charge in [-0.2, -0.15) is 0 Å². The third-order valence-corrected chi connectivity index (χ3v) is 1.69. The molecule has 0 aromatic carbocycles. The maximum Gasteiger partial charge on any atom is 0.265 e. The van der Waals surface area contributed by atoms with Crippen LogP contribution in [0.25, 0.3) is 10.9 Å². The van der Waals surface area contributed by atoms with Crippen LogP contribution in [0.3, 0.4) is 0 Å². The van der Waals surface area contributed by atoms with Gasteiger partial charge in [-0.05, 0) is 12.1 Å². The molecule has 0 aliphatic heterocycles. The standard InChI is InChI=1S/C8H7N3O/c9-8(12)7-3-5-4-10-2-1-6(5)11-7/h1-4,11H,(H2,9,12). The van der Waals surface area contributed by atoms with Crippen LogP contribution in [0, 0.1) is 0 Å². The highest BCUT2D eigenvalue weighted by Crippen LogP contribution is 2.12. The summed E-state index contributed by atoms with van der Waals surface area (Å²) in [5, 5.41) is 0.895. The number of carbonyl (C=O) groups is 1. The number of fused-ring (bicyclic) bond motifs is 1. The topological polar surface area (TPSA) is 71.8 Å². The third-order valence-electron chi connectivity index (χ3n) is 1.69. The van der Waals surface area contributed by atoms with Crippen LogP contribution in [0.2, 0.25) is 0 Å². The van der Waals surface area contributed by atoms with Crippen molar-refractivity contribution in [1.82, 2.24) is 9.97 Å². The number of pyridine rings is 1. The number of aromatic nitrogens is 2. The maximum atomic E-state index is 10.7. The number of nitrogens with zero attached hydrogens (tertiary/aromatic N) is 1. The second kappa shape index (κ2) is 2.34. The van der Waals surface area contributed by atoms with Crippen molar-refractivity contribution in [3.05, 3.63) is 30.2 Å². The molecule has 0 aliphatic rings. The molecule has 0 spiro atoms. The Kier molecular flexibility index (Phi) is 1.33. The van der Waals surface area contributed by atoms with Crippen LogP contribution in [-0.2, 0) is 0 Å². The van der Waals surface area contributed by atoms with Crippen LogP contribution in [-0.4, -0.2) is 15.9 Å². The largest absolute Gasteiger partial charge is 0.364 e. The summed E-state index contributed by atoms with van der Waals surface area (Å²) >= 11 is 0. The normalized spacial score (nSPS) is 10.3. The van der Waals surface area contributed by atoms with E-state index in [4.69, 9.17) is 5.73 Å². The lowest BCUT2D eigenvalue weighted by Crippen LogP contribution is -2.10. The predicted octanol–water partition coefficient (Wildman–Crippen LogP) is 0.662. The summed E-state index contributed by atoms with van der Waals surface area (Å²) in [5.74, 6) is -0.453. The van der Waals surface area contributed by atoms with E-state index in [1.165, 1.54) is 0 Å². The fourth-order valence-electron chi connectivity index (χ4n) is 1.10. The molecule has 1 amide bonds. The van der Waals surface area contributed by atoms with Crippen molar-refractivity contribution in [2.45, 2.75) is 0 Å². The first-order valence-corrected chi connectivity index (χ1v) is 3.50. The van der Waals surface area contributed by atoms with E-state index in [2.05, 4.69) is 9.97 Å². The molecule has 3 N–H and O–H groups in total. The van der Waals surface area contributed by atoms with Gasteiger partial charge in [-0.3, -0.25) is 9.78 Å². The average Bonchev–Trinajstić information content (AvgIpc) is 2.46. The van der Waals surface area contributed by atoms with Crippen molar-refractivity contribution in [1.29, 1.82) is 0 Å². The molecule has 0 saturated carbocycles. The predicted molar refractivity (Wildman–Crippen MR) is 44.6 cm³/mol. The Bertz CT molecular complexity index is 400. The lowest BCUT2D eigenvalue weighted by atomic mass is 10.3. The van der Waals surface area contributed by atoms with Crippen molar-refractivity contribution < 1.29 is 4.79 Å². The van der Waals surface area contributed by atoms with Crippen molar-refractivity contribution in [3.63, 3.8) is 0 Å². The summed E-state index contributed by atoms with van der Waals surface area (Å²) in [6.45, 7) is 0. The number of hydrogen-bond donors (Lipinski definition) is 2. The lowest BCUT2D eigenvalue weighted by Gasteiger charge is -1.84. The van der Waals surface area contributed by atoms with Gasteiger partial charge in [0, 0.05) is 23.3 Å². The maximum absolute atomic E-state index is 10.7. The lowest BCUT2D eigenvalue weighted by molar-refractivity contribution is 0.0996. The number of aromatic amines is 1. The molecule has 4 nitrogen and oxygen atoms in total. The zero-order valence-corrected chi connectivity index (χ0v) is 6.24. The molecular formula is C8H7N3O. The molecule has 4 heteroatoms. The number of primary amides is 1. The molecule has 0 aliphatic carbocycles. The van der Waals surface area contributed by atoms with Crippen LogP contribution in [0.1, 0.15) is 10.5 Å². The quantitative estimate of drug-likeness (QED) is 0.644. The molecule has 0 fully saturated rings. The summed E-state index contributed by atoms with van der Waals surface area (Å²) in [7, 11) is 0. The number of rotatable bonds is 1. The molecule has 0 bridgehead atoms. The summed E-state index contributed by atoms with van der Waals surface area (Å²) in [6, 6.07) is 3.48. The van der Waals surface area contributed by atoms with Crippen molar-refractivity contribution in [3.8, 4) is 0 Å². The van der Waals surface area contributed by atoms with Gasteiger partial charge in [-0.15, -0.1) is 0 Å². The first-order valence-electron chi connectivity index (χ1n) is 3.50. The summed E-state index contributed by atoms with van der Waals surface area (Å²) in [4.78, 5) is 17.5. The number of nitrogens with two attached hydrogens (primary N) is 1. The number of nitrogens with one attached hydrogen (secondary N) is 1. The van der Waals surface area contributed by atoms with Crippen LogP contribution >= 0.6 is 0 Å². The second-order valence-corrected chi connectivity index (χ2v) is 2.51. The Hall–Kier alpha value is -1.84. The van der Waals surface area contributed by atoms with E-state index in [1.54, 1.807) is 24.5 Å². The molecule has 2 aromatic rings. The molecule has 60 valence electrons. The van der Waals surface area contributed by atoms with E-state index >= 15 is 0 Å². The minimum absolute atomic E-state index is 0.415. The third kappa shape index (κ3) is 0.934. The Morgan fingerprint density at radius 3 is 3.08 bits per heavy atom. The van der Waals surface area contributed by atoms with Crippen LogP contribution in [0.4, 0.5) is 0 Å². The van der Waals surface area contributed by atoms with Gasteiger partial charge in [0.05, 0.1) is 0 Å². The van der Waals surface area contributed by atoms with E-state index in [0.29, 0.717) is 5.69 Å². The van der Waals surface area contributed by atoms with Gasteiger partial charge < -0.3 is 10.7 Å². The van der Waals surface area contributed by atoms with E-state index in [1.807, 2.05) is 0 Å². The van der Waals surface area contributed by atoms with Crippen molar-refractivity contribution in [2.75, 3.05) is 0 Å². The molecule has 0 radical (unpaired) electrons. The van der Waals surface area contributed by atoms with E-state index < -0.39 is 5.91 Å². The SMILES string of the molecule is NC(=O)c1cc2cnccc2[nH]1. The fourth-order valence-corrected chi connectivity index (χ4v) is 1.10. The second-order valence-electron chi connectivity index (χ2n) is 2.51. The first kappa shape index (κ1) is 6.84. The summed E-state index contributed by atoms with van der Waals surface area (Å²) < 4.78 is 0. The Labute approximate surface area is 68.4 Å². The van der Waals surface area contributed by atoms with Gasteiger partial charge >= 0.3 is 0 Å². The van der Waals surface area contributed by atoms with E-state index in [0.717, 1.165) is 10.9 Å². The molecule has 12 heavy (non-hydrogen) atoms. The van der Waals surface area contributed by atoms with Crippen LogP contribution in [0.15, 0.2) is 24.5 Å². The summed E-state index contributed by atoms with van der Waals surface area (Å²) in [5.41, 5.74) is 6.38. The highest BCUT2D eigenvalue weighted by atomic mass is 16.1. The molecule has 0 unspecified atom stereocenters. The average molecular weight is 161 g/mol. The first-order chi connectivity index (χ1) is 5.77. The minimum Gasteiger partial charge on any atom is -0.364 e. The Morgan fingerprint density at radius 2 is 2.42 bits per heavy atom. The van der Waals surface area contributed by atoms with Crippen LogP contribution < -0.4 is 5.73 Å². The minimum atomic E-state index is -0.453. The number of amides is 1. The molecule has 2 heterocycles. The van der Waals surface area contributed by atoms with E-state index in [-0.39, 0.29) is 0 Å². The highest BCUT2D eigenvalue weighted by Gasteiger charge is 2.03. The van der Waals surface area contributed by atoms with Gasteiger partial charge in [0.25, 0.3) is 5.91 Å². The van der Waals surface area contributed by atoms with Gasteiger partial charge in [0.2, 0.25) is 0 Å². The zero-order chi connectivity index (χ0) is 8.55. The van der Waals surface area contributed by atoms with Crippen molar-refractivity contribution in [2.24, 2.45) is 5.73 Å². The number of H-pyrrole nitrogens is 1. The smallest absolute Gasteiger partial charge is 0.265 e. The molecular weight excluding hydrogens is 154 g/mol. The molecule has 2 rings (SSSR count). The highest BCUT2D eigenvalue weighted by molar-refractivity contribution is 5.96. The van der Waals surface area contributed by atoms with Crippen molar-refractivity contribution >= 4 is 16.8 Å². The van der Waals surface area contributed by atoms with Crippen LogP contribution in [0.5, 0.6) is 0 Å². The fraction of sp³-hybridized carbons (Fsp3) is 0. The molecule has 0 saturated heterocycles. The molecule has 0 atom stereocenters. The molecule has 2 aromatic heterocycles. The Balaban J connectivity index is 2.70.